The van der Waals surface area contributed by atoms with E-state index in [0.717, 1.165) is 25.9 Å². The van der Waals surface area contributed by atoms with Crippen molar-refractivity contribution in [2.24, 2.45) is 0 Å². The fraction of sp³-hybridized carbons (Fsp3) is 0.800. The molecule has 1 rings (SSSR count). The zero-order chi connectivity index (χ0) is 11.1. The molecule has 0 aliphatic carbocycles. The minimum atomic E-state index is -0.0580. The molecule has 0 amide bonds. The molecule has 0 aliphatic heterocycles. The summed E-state index contributed by atoms with van der Waals surface area (Å²) in [6.07, 6.45) is 3.17. The van der Waals surface area contributed by atoms with Crippen molar-refractivity contribution in [1.29, 1.82) is 0 Å². The second-order valence-corrected chi connectivity index (χ2v) is 4.05. The maximum atomic E-state index is 5.31. The van der Waals surface area contributed by atoms with E-state index in [1.807, 2.05) is 0 Å². The highest BCUT2D eigenvalue weighted by Gasteiger charge is 2.14. The maximum absolute atomic E-state index is 5.31. The van der Waals surface area contributed by atoms with Crippen LogP contribution >= 0.6 is 0 Å². The van der Waals surface area contributed by atoms with Crippen molar-refractivity contribution in [3.05, 3.63) is 12.2 Å². The Morgan fingerprint density at radius 1 is 1.47 bits per heavy atom. The van der Waals surface area contributed by atoms with Gasteiger partial charge in [-0.1, -0.05) is 5.16 Å². The topological polar surface area (TPSA) is 60.2 Å². The molecule has 0 spiro atoms. The van der Waals surface area contributed by atoms with Gasteiger partial charge in [0.2, 0.25) is 5.89 Å². The van der Waals surface area contributed by atoms with Gasteiger partial charge in [0.1, 0.15) is 0 Å². The van der Waals surface area contributed by atoms with Crippen molar-refractivity contribution in [3.8, 4) is 0 Å². The number of ether oxygens (including phenoxy) is 1. The lowest BCUT2D eigenvalue weighted by Gasteiger charge is -2.22. The smallest absolute Gasteiger partial charge is 0.227 e. The molecule has 0 radical (unpaired) electrons. The number of nitrogens with zero attached hydrogens (tertiary/aromatic N) is 2. The lowest BCUT2D eigenvalue weighted by molar-refractivity contribution is 0.0159. The average Bonchev–Trinajstić information content (AvgIpc) is 2.70. The molecule has 0 atom stereocenters. The van der Waals surface area contributed by atoms with Crippen LogP contribution in [-0.4, -0.2) is 35.9 Å². The Balaban J connectivity index is 2.03. The highest BCUT2D eigenvalue weighted by Crippen LogP contribution is 2.11. The summed E-state index contributed by atoms with van der Waals surface area (Å²) in [5, 5.41) is 6.85. The van der Waals surface area contributed by atoms with Gasteiger partial charge >= 0.3 is 0 Å². The summed E-state index contributed by atoms with van der Waals surface area (Å²) < 4.78 is 10.2. The Labute approximate surface area is 90.2 Å². The minimum absolute atomic E-state index is 0.0580. The molecule has 0 bridgehead atoms. The van der Waals surface area contributed by atoms with Crippen molar-refractivity contribution >= 4 is 0 Å². The van der Waals surface area contributed by atoms with Crippen LogP contribution in [0.5, 0.6) is 0 Å². The van der Waals surface area contributed by atoms with Crippen LogP contribution in [0.1, 0.15) is 26.2 Å². The molecule has 1 aromatic heterocycles. The van der Waals surface area contributed by atoms with Gasteiger partial charge in [0.25, 0.3) is 0 Å². The molecule has 15 heavy (non-hydrogen) atoms. The van der Waals surface area contributed by atoms with E-state index >= 15 is 0 Å². The molecular weight excluding hydrogens is 194 g/mol. The molecule has 1 aromatic rings. The molecular formula is C10H19N3O2. The number of hydrogen-bond acceptors (Lipinski definition) is 5. The molecule has 0 aromatic carbocycles. The van der Waals surface area contributed by atoms with Crippen molar-refractivity contribution in [2.75, 3.05) is 20.2 Å². The Morgan fingerprint density at radius 2 is 2.27 bits per heavy atom. The zero-order valence-electron chi connectivity index (χ0n) is 9.62. The van der Waals surface area contributed by atoms with E-state index < -0.39 is 0 Å². The Kier molecular flexibility index (Phi) is 4.71. The fourth-order valence-corrected chi connectivity index (χ4v) is 1.12. The number of rotatable bonds is 7. The van der Waals surface area contributed by atoms with Gasteiger partial charge in [0, 0.05) is 20.1 Å². The fourth-order valence-electron chi connectivity index (χ4n) is 1.12. The number of aromatic nitrogens is 2. The molecule has 0 aliphatic rings. The summed E-state index contributed by atoms with van der Waals surface area (Å²) in [4.78, 5) is 3.94. The number of methoxy groups -OCH3 is 1. The Morgan fingerprint density at radius 3 is 2.87 bits per heavy atom. The molecule has 86 valence electrons. The summed E-state index contributed by atoms with van der Waals surface area (Å²) in [5.74, 6) is 0.675. The normalized spacial score (nSPS) is 11.9. The van der Waals surface area contributed by atoms with E-state index in [2.05, 4.69) is 29.3 Å². The third kappa shape index (κ3) is 4.90. The number of hydrogen-bond donors (Lipinski definition) is 1. The van der Waals surface area contributed by atoms with Gasteiger partial charge < -0.3 is 14.6 Å². The highest BCUT2D eigenvalue weighted by molar-refractivity contribution is 4.75. The summed E-state index contributed by atoms with van der Waals surface area (Å²) >= 11 is 0. The van der Waals surface area contributed by atoms with Crippen LogP contribution in [0, 0.1) is 0 Å². The Bertz CT molecular complexity index is 260. The summed E-state index contributed by atoms with van der Waals surface area (Å²) in [7, 11) is 1.73. The summed E-state index contributed by atoms with van der Waals surface area (Å²) in [6, 6.07) is 0. The van der Waals surface area contributed by atoms with Gasteiger partial charge in [-0.15, -0.1) is 0 Å². The molecule has 0 saturated heterocycles. The van der Waals surface area contributed by atoms with Crippen LogP contribution < -0.4 is 5.32 Å². The van der Waals surface area contributed by atoms with Gasteiger partial charge in [-0.25, -0.2) is 0 Å². The third-order valence-corrected chi connectivity index (χ3v) is 2.38. The van der Waals surface area contributed by atoms with Gasteiger partial charge in [-0.05, 0) is 26.8 Å². The standard InChI is InChI=1S/C10H19N3O2/c1-10(2,14-3)5-7-11-6-4-9-12-8-13-15-9/h8,11H,4-7H2,1-3H3. The van der Waals surface area contributed by atoms with E-state index in [-0.39, 0.29) is 5.60 Å². The quantitative estimate of drug-likeness (QED) is 0.685. The monoisotopic (exact) mass is 213 g/mol. The molecule has 5 heteroatoms. The lowest BCUT2D eigenvalue weighted by Crippen LogP contribution is -2.29. The first-order chi connectivity index (χ1) is 7.14. The number of nitrogens with one attached hydrogen (secondary N) is 1. The van der Waals surface area contributed by atoms with Crippen LogP contribution in [0.4, 0.5) is 0 Å². The first-order valence-electron chi connectivity index (χ1n) is 5.15. The average molecular weight is 213 g/mol. The molecule has 0 unspecified atom stereocenters. The summed E-state index contributed by atoms with van der Waals surface area (Å²) in [5.41, 5.74) is -0.0580. The second-order valence-electron chi connectivity index (χ2n) is 4.05. The predicted octanol–water partition coefficient (Wildman–Crippen LogP) is 1.02. The second kappa shape index (κ2) is 5.82. The van der Waals surface area contributed by atoms with E-state index in [9.17, 15) is 0 Å². The molecule has 5 nitrogen and oxygen atoms in total. The van der Waals surface area contributed by atoms with Crippen LogP contribution in [0.3, 0.4) is 0 Å². The SMILES string of the molecule is COC(C)(C)CCNCCc1ncno1. The first-order valence-corrected chi connectivity index (χ1v) is 5.15. The van der Waals surface area contributed by atoms with Crippen LogP contribution in [-0.2, 0) is 11.2 Å². The van der Waals surface area contributed by atoms with E-state index in [1.54, 1.807) is 7.11 Å². The van der Waals surface area contributed by atoms with Crippen LogP contribution in [0.25, 0.3) is 0 Å². The predicted molar refractivity (Wildman–Crippen MR) is 56.6 cm³/mol. The van der Waals surface area contributed by atoms with Gasteiger partial charge in [-0.3, -0.25) is 0 Å². The molecule has 1 N–H and O–H groups in total. The molecule has 0 saturated carbocycles. The van der Waals surface area contributed by atoms with Gasteiger partial charge in [0.15, 0.2) is 6.33 Å². The van der Waals surface area contributed by atoms with Gasteiger partial charge in [0.05, 0.1) is 5.60 Å². The van der Waals surface area contributed by atoms with E-state index in [1.165, 1.54) is 6.33 Å². The Hall–Kier alpha value is -0.940. The highest BCUT2D eigenvalue weighted by atomic mass is 16.5. The van der Waals surface area contributed by atoms with Crippen LogP contribution in [0.2, 0.25) is 0 Å². The van der Waals surface area contributed by atoms with Crippen molar-refractivity contribution in [2.45, 2.75) is 32.3 Å². The van der Waals surface area contributed by atoms with Crippen molar-refractivity contribution in [1.82, 2.24) is 15.5 Å². The van der Waals surface area contributed by atoms with Crippen molar-refractivity contribution in [3.63, 3.8) is 0 Å². The van der Waals surface area contributed by atoms with Crippen molar-refractivity contribution < 1.29 is 9.26 Å². The third-order valence-electron chi connectivity index (χ3n) is 2.38. The molecule has 1 heterocycles. The van der Waals surface area contributed by atoms with E-state index in [4.69, 9.17) is 9.26 Å². The maximum Gasteiger partial charge on any atom is 0.227 e. The molecule has 0 fully saturated rings. The van der Waals surface area contributed by atoms with Crippen LogP contribution in [0.15, 0.2) is 10.9 Å². The minimum Gasteiger partial charge on any atom is -0.379 e. The largest absolute Gasteiger partial charge is 0.379 e. The van der Waals surface area contributed by atoms with E-state index in [0.29, 0.717) is 5.89 Å². The zero-order valence-corrected chi connectivity index (χ0v) is 9.62. The first kappa shape index (κ1) is 12.1. The lowest BCUT2D eigenvalue weighted by atomic mass is 10.1. The summed E-state index contributed by atoms with van der Waals surface area (Å²) in [6.45, 7) is 5.93. The van der Waals surface area contributed by atoms with Gasteiger partial charge in [-0.2, -0.15) is 4.98 Å².